The van der Waals surface area contributed by atoms with Gasteiger partial charge in [0.1, 0.15) is 12.7 Å². The number of fused-ring (bicyclic) bond motifs is 1. The van der Waals surface area contributed by atoms with E-state index in [1.807, 2.05) is 20.8 Å². The molecule has 2 aliphatic carbocycles. The molecule has 2 bridgehead atoms. The first-order valence-electron chi connectivity index (χ1n) is 8.23. The number of hydrogen-bond donors (Lipinski definition) is 0. The summed E-state index contributed by atoms with van der Waals surface area (Å²) in [5.74, 6) is 0.446. The molecule has 0 aromatic rings. The monoisotopic (exact) mass is 308 g/mol. The van der Waals surface area contributed by atoms with E-state index in [4.69, 9.17) is 9.47 Å². The molecule has 3 aliphatic rings. The van der Waals surface area contributed by atoms with Crippen LogP contribution in [-0.2, 0) is 23.9 Å². The summed E-state index contributed by atoms with van der Waals surface area (Å²) >= 11 is 0. The van der Waals surface area contributed by atoms with Crippen LogP contribution in [0.3, 0.4) is 0 Å². The van der Waals surface area contributed by atoms with Gasteiger partial charge in [0.25, 0.3) is 0 Å². The first-order chi connectivity index (χ1) is 10.3. The smallest absolute Gasteiger partial charge is 0.311 e. The highest BCUT2D eigenvalue weighted by atomic mass is 16.6. The van der Waals surface area contributed by atoms with Crippen molar-refractivity contribution >= 4 is 17.7 Å². The van der Waals surface area contributed by atoms with Crippen molar-refractivity contribution in [3.63, 3.8) is 0 Å². The lowest BCUT2D eigenvalue weighted by atomic mass is 9.80. The van der Waals surface area contributed by atoms with Crippen LogP contribution in [0.1, 0.15) is 46.5 Å². The average Bonchev–Trinajstić information content (AvgIpc) is 3.09. The van der Waals surface area contributed by atoms with Gasteiger partial charge in [-0.15, -0.1) is 0 Å². The second-order valence-electron chi connectivity index (χ2n) is 7.62. The Morgan fingerprint density at radius 3 is 2.73 bits per heavy atom. The highest BCUT2D eigenvalue weighted by Crippen LogP contribution is 2.58. The van der Waals surface area contributed by atoms with Gasteiger partial charge < -0.3 is 9.47 Å². The highest BCUT2D eigenvalue weighted by molar-refractivity contribution is 5.84. The normalized spacial score (nSPS) is 35.6. The molecule has 0 aromatic heterocycles. The van der Waals surface area contributed by atoms with Crippen LogP contribution in [0.5, 0.6) is 0 Å². The molecule has 5 nitrogen and oxygen atoms in total. The molecule has 0 amide bonds. The highest BCUT2D eigenvalue weighted by Gasteiger charge is 2.61. The summed E-state index contributed by atoms with van der Waals surface area (Å²) in [6.45, 7) is 5.38. The number of Topliss-reactive ketones (excluding diaryl/α,β-unsaturated/α-hetero) is 1. The molecular weight excluding hydrogens is 284 g/mol. The van der Waals surface area contributed by atoms with Gasteiger partial charge in [0.2, 0.25) is 0 Å². The maximum Gasteiger partial charge on any atom is 0.311 e. The topological polar surface area (TPSA) is 69.7 Å². The minimum absolute atomic E-state index is 0.0719. The number of ether oxygens (including phenoxy) is 2. The average molecular weight is 308 g/mol. The predicted molar refractivity (Wildman–Crippen MR) is 77.7 cm³/mol. The molecule has 0 N–H and O–H groups in total. The van der Waals surface area contributed by atoms with Gasteiger partial charge in [-0.1, -0.05) is 6.92 Å². The molecule has 5 unspecified atom stereocenters. The van der Waals surface area contributed by atoms with Crippen molar-refractivity contribution in [1.82, 2.24) is 0 Å². The van der Waals surface area contributed by atoms with Crippen molar-refractivity contribution in [2.45, 2.75) is 52.6 Å². The Balaban J connectivity index is 1.51. The van der Waals surface area contributed by atoms with Gasteiger partial charge >= 0.3 is 11.9 Å². The fourth-order valence-corrected chi connectivity index (χ4v) is 4.17. The number of rotatable bonds is 6. The number of hydrogen-bond acceptors (Lipinski definition) is 5. The van der Waals surface area contributed by atoms with Crippen LogP contribution in [-0.4, -0.2) is 30.4 Å². The molecule has 3 fully saturated rings. The van der Waals surface area contributed by atoms with Crippen LogP contribution < -0.4 is 0 Å². The lowest BCUT2D eigenvalue weighted by Crippen LogP contribution is -2.31. The van der Waals surface area contributed by atoms with Gasteiger partial charge in [-0.3, -0.25) is 14.4 Å². The van der Waals surface area contributed by atoms with Crippen LogP contribution in [0.2, 0.25) is 0 Å². The Kier molecular flexibility index (Phi) is 3.77. The number of ketones is 1. The van der Waals surface area contributed by atoms with Crippen molar-refractivity contribution in [3.05, 3.63) is 0 Å². The molecule has 3 rings (SSSR count). The van der Waals surface area contributed by atoms with E-state index in [0.29, 0.717) is 24.7 Å². The Morgan fingerprint density at radius 2 is 2.05 bits per heavy atom. The largest absolute Gasteiger partial charge is 0.462 e. The summed E-state index contributed by atoms with van der Waals surface area (Å²) in [4.78, 5) is 35.7. The Hall–Kier alpha value is -1.39. The SMILES string of the molecule is CCC(C)(C)C(=O)OCC(=O)CC1C2CC3C(=O)OC1C3C2. The predicted octanol–water partition coefficient (Wildman–Crippen LogP) is 2.12. The Bertz CT molecular complexity index is 509. The minimum atomic E-state index is -0.555. The number of carbonyl (C=O) groups excluding carboxylic acids is 3. The molecule has 0 radical (unpaired) electrons. The van der Waals surface area contributed by atoms with Crippen LogP contribution in [0.25, 0.3) is 0 Å². The molecule has 0 aromatic carbocycles. The van der Waals surface area contributed by atoms with Gasteiger partial charge in [0.15, 0.2) is 5.78 Å². The third-order valence-corrected chi connectivity index (χ3v) is 5.92. The van der Waals surface area contributed by atoms with E-state index in [-0.39, 0.29) is 42.3 Å². The van der Waals surface area contributed by atoms with Crippen LogP contribution in [0.15, 0.2) is 0 Å². The van der Waals surface area contributed by atoms with E-state index in [2.05, 4.69) is 0 Å². The molecule has 122 valence electrons. The van der Waals surface area contributed by atoms with Crippen molar-refractivity contribution in [1.29, 1.82) is 0 Å². The number of esters is 2. The molecule has 22 heavy (non-hydrogen) atoms. The van der Waals surface area contributed by atoms with Gasteiger partial charge in [-0.05, 0) is 39.0 Å². The lowest BCUT2D eigenvalue weighted by molar-refractivity contribution is -0.157. The van der Waals surface area contributed by atoms with Crippen LogP contribution in [0, 0.1) is 29.1 Å². The lowest BCUT2D eigenvalue weighted by Gasteiger charge is -2.25. The fourth-order valence-electron chi connectivity index (χ4n) is 4.17. The van der Waals surface area contributed by atoms with E-state index in [1.54, 1.807) is 0 Å². The molecule has 2 saturated carbocycles. The Morgan fingerprint density at radius 1 is 1.32 bits per heavy atom. The summed E-state index contributed by atoms with van der Waals surface area (Å²) < 4.78 is 10.6. The second-order valence-corrected chi connectivity index (χ2v) is 7.62. The molecule has 1 aliphatic heterocycles. The molecule has 1 heterocycles. The van der Waals surface area contributed by atoms with Gasteiger partial charge in [0.05, 0.1) is 11.3 Å². The quantitative estimate of drug-likeness (QED) is 0.703. The molecule has 1 saturated heterocycles. The number of carbonyl (C=O) groups is 3. The molecule has 5 heteroatoms. The van der Waals surface area contributed by atoms with Crippen molar-refractivity contribution in [3.8, 4) is 0 Å². The zero-order chi connectivity index (χ0) is 16.1. The zero-order valence-corrected chi connectivity index (χ0v) is 13.5. The first kappa shape index (κ1) is 15.5. The molecular formula is C17H24O5. The fraction of sp³-hybridized carbons (Fsp3) is 0.824. The van der Waals surface area contributed by atoms with E-state index >= 15 is 0 Å². The van der Waals surface area contributed by atoms with E-state index in [1.165, 1.54) is 0 Å². The molecule has 5 atom stereocenters. The van der Waals surface area contributed by atoms with E-state index < -0.39 is 5.41 Å². The summed E-state index contributed by atoms with van der Waals surface area (Å²) in [6, 6.07) is 0. The maximum absolute atomic E-state index is 12.1. The standard InChI is InChI=1S/C17H24O5/c1-4-17(2,3)16(20)21-8-10(18)7-11-9-5-12-13(6-9)15(19)22-14(11)12/h9,11-14H,4-8H2,1-3H3. The van der Waals surface area contributed by atoms with Crippen LogP contribution >= 0.6 is 0 Å². The van der Waals surface area contributed by atoms with Crippen molar-refractivity contribution in [2.24, 2.45) is 29.1 Å². The van der Waals surface area contributed by atoms with E-state index in [9.17, 15) is 14.4 Å². The summed E-state index contributed by atoms with van der Waals surface area (Å²) in [7, 11) is 0. The minimum Gasteiger partial charge on any atom is -0.462 e. The first-order valence-corrected chi connectivity index (χ1v) is 8.23. The third kappa shape index (κ3) is 2.44. The van der Waals surface area contributed by atoms with Crippen LogP contribution in [0.4, 0.5) is 0 Å². The van der Waals surface area contributed by atoms with Crippen molar-refractivity contribution < 1.29 is 23.9 Å². The maximum atomic E-state index is 12.1. The summed E-state index contributed by atoms with van der Waals surface area (Å²) in [5.41, 5.74) is -0.555. The second kappa shape index (κ2) is 5.36. The van der Waals surface area contributed by atoms with Crippen molar-refractivity contribution in [2.75, 3.05) is 6.61 Å². The van der Waals surface area contributed by atoms with Gasteiger partial charge in [-0.2, -0.15) is 0 Å². The third-order valence-electron chi connectivity index (χ3n) is 5.92. The van der Waals surface area contributed by atoms with E-state index in [0.717, 1.165) is 12.8 Å². The summed E-state index contributed by atoms with van der Waals surface area (Å²) in [6.07, 6.45) is 2.81. The summed E-state index contributed by atoms with van der Waals surface area (Å²) in [5, 5.41) is 0. The Labute approximate surface area is 130 Å². The van der Waals surface area contributed by atoms with Gasteiger partial charge in [-0.25, -0.2) is 0 Å². The molecule has 0 spiro atoms. The zero-order valence-electron chi connectivity index (χ0n) is 13.5. The van der Waals surface area contributed by atoms with Gasteiger partial charge in [0, 0.05) is 18.3 Å².